The number of methoxy groups -OCH3 is 1. The highest BCUT2D eigenvalue weighted by Crippen LogP contribution is 2.28. The van der Waals surface area contributed by atoms with Gasteiger partial charge in [-0.25, -0.2) is 0 Å². The Bertz CT molecular complexity index is 462. The van der Waals surface area contributed by atoms with Crippen molar-refractivity contribution in [2.24, 2.45) is 5.92 Å². The van der Waals surface area contributed by atoms with E-state index in [4.69, 9.17) is 16.3 Å². The minimum absolute atomic E-state index is 0.166. The van der Waals surface area contributed by atoms with Crippen molar-refractivity contribution in [1.29, 1.82) is 0 Å². The van der Waals surface area contributed by atoms with Gasteiger partial charge in [0.25, 0.3) is 0 Å². The first-order valence-electron chi connectivity index (χ1n) is 7.96. The maximum absolute atomic E-state index is 9.67. The van der Waals surface area contributed by atoms with Gasteiger partial charge in [-0.15, -0.1) is 0 Å². The minimum Gasteiger partial charge on any atom is -0.506 e. The average Bonchev–Trinajstić information content (AvgIpc) is 2.51. The summed E-state index contributed by atoms with van der Waals surface area (Å²) in [7, 11) is 3.88. The third-order valence-electron chi connectivity index (χ3n) is 4.39. The first-order valence-corrected chi connectivity index (χ1v) is 8.34. The lowest BCUT2D eigenvalue weighted by atomic mass is 9.96. The topological polar surface area (TPSA) is 35.9 Å². The summed E-state index contributed by atoms with van der Waals surface area (Å²) in [4.78, 5) is 4.78. The first kappa shape index (κ1) is 17.5. The number of aromatic hydroxyl groups is 1. The van der Waals surface area contributed by atoms with E-state index in [0.29, 0.717) is 5.02 Å². The zero-order valence-electron chi connectivity index (χ0n) is 13.6. The summed E-state index contributed by atoms with van der Waals surface area (Å²) in [5, 5.41) is 10.1. The van der Waals surface area contributed by atoms with Crippen molar-refractivity contribution in [3.63, 3.8) is 0 Å². The summed E-state index contributed by atoms with van der Waals surface area (Å²) in [6.07, 6.45) is 2.48. The molecular weight excluding hydrogens is 300 g/mol. The second-order valence-corrected chi connectivity index (χ2v) is 6.60. The highest BCUT2D eigenvalue weighted by molar-refractivity contribution is 6.32. The van der Waals surface area contributed by atoms with E-state index in [1.54, 1.807) is 13.2 Å². The Labute approximate surface area is 138 Å². The lowest BCUT2D eigenvalue weighted by molar-refractivity contribution is 0.110. The maximum atomic E-state index is 9.67. The van der Waals surface area contributed by atoms with Crippen molar-refractivity contribution < 1.29 is 9.84 Å². The van der Waals surface area contributed by atoms with Gasteiger partial charge in [-0.1, -0.05) is 23.7 Å². The third-order valence-corrected chi connectivity index (χ3v) is 4.82. The van der Waals surface area contributed by atoms with Gasteiger partial charge >= 0.3 is 0 Å². The molecule has 1 N–H and O–H groups in total. The Kier molecular flexibility index (Phi) is 6.96. The molecule has 1 aliphatic heterocycles. The number of ether oxygens (including phenoxy) is 1. The van der Waals surface area contributed by atoms with E-state index in [0.717, 1.165) is 50.8 Å². The number of rotatable bonds is 7. The number of hydrogen-bond acceptors (Lipinski definition) is 4. The van der Waals surface area contributed by atoms with Gasteiger partial charge < -0.3 is 19.6 Å². The van der Waals surface area contributed by atoms with E-state index >= 15 is 0 Å². The van der Waals surface area contributed by atoms with E-state index in [9.17, 15) is 5.11 Å². The van der Waals surface area contributed by atoms with Crippen LogP contribution in [-0.2, 0) is 11.3 Å². The smallest absolute Gasteiger partial charge is 0.134 e. The lowest BCUT2D eigenvalue weighted by Gasteiger charge is -2.33. The molecule has 22 heavy (non-hydrogen) atoms. The van der Waals surface area contributed by atoms with Crippen molar-refractivity contribution >= 4 is 11.6 Å². The molecule has 1 heterocycles. The Morgan fingerprint density at radius 2 is 2.09 bits per heavy atom. The molecule has 124 valence electrons. The summed E-state index contributed by atoms with van der Waals surface area (Å²) >= 11 is 6.15. The highest BCUT2D eigenvalue weighted by Gasteiger charge is 2.20. The molecule has 2 rings (SSSR count). The zero-order chi connectivity index (χ0) is 15.9. The van der Waals surface area contributed by atoms with Crippen LogP contribution in [0.2, 0.25) is 5.02 Å². The van der Waals surface area contributed by atoms with Gasteiger partial charge in [-0.05, 0) is 50.5 Å². The van der Waals surface area contributed by atoms with E-state index in [1.165, 1.54) is 12.8 Å². The molecule has 4 nitrogen and oxygen atoms in total. The molecule has 0 spiro atoms. The molecule has 0 unspecified atom stereocenters. The Morgan fingerprint density at radius 3 is 2.77 bits per heavy atom. The number of likely N-dealkylation sites (tertiary alicyclic amines) is 1. The van der Waals surface area contributed by atoms with Crippen LogP contribution in [0.25, 0.3) is 0 Å². The number of phenolic OH excluding ortho intramolecular Hbond substituents is 1. The van der Waals surface area contributed by atoms with Crippen LogP contribution < -0.4 is 0 Å². The molecule has 1 fully saturated rings. The van der Waals surface area contributed by atoms with Crippen LogP contribution in [-0.4, -0.2) is 61.8 Å². The molecule has 1 saturated heterocycles. The first-order chi connectivity index (χ1) is 10.6. The van der Waals surface area contributed by atoms with Gasteiger partial charge in [0.15, 0.2) is 0 Å². The second kappa shape index (κ2) is 8.73. The number of benzene rings is 1. The normalized spacial score (nSPS) is 17.3. The van der Waals surface area contributed by atoms with Crippen LogP contribution in [0, 0.1) is 5.92 Å². The molecular formula is C17H27ClN2O2. The molecule has 0 saturated carbocycles. The molecule has 0 aliphatic carbocycles. The van der Waals surface area contributed by atoms with Crippen molar-refractivity contribution in [2.75, 3.05) is 46.9 Å². The zero-order valence-corrected chi connectivity index (χ0v) is 14.4. The Hall–Kier alpha value is -0.810. The van der Waals surface area contributed by atoms with E-state index in [1.807, 2.05) is 12.1 Å². The number of nitrogens with zero attached hydrogens (tertiary/aromatic N) is 2. The monoisotopic (exact) mass is 326 g/mol. The van der Waals surface area contributed by atoms with Crippen molar-refractivity contribution in [2.45, 2.75) is 19.4 Å². The van der Waals surface area contributed by atoms with Crippen LogP contribution in [0.3, 0.4) is 0 Å². The van der Waals surface area contributed by atoms with Gasteiger partial charge in [-0.3, -0.25) is 0 Å². The van der Waals surface area contributed by atoms with Crippen LogP contribution >= 0.6 is 11.6 Å². The van der Waals surface area contributed by atoms with Gasteiger partial charge in [0.2, 0.25) is 0 Å². The van der Waals surface area contributed by atoms with Gasteiger partial charge in [0.05, 0.1) is 11.6 Å². The van der Waals surface area contributed by atoms with Crippen LogP contribution in [0.4, 0.5) is 0 Å². The number of halogens is 1. The fraction of sp³-hybridized carbons (Fsp3) is 0.647. The molecule has 0 amide bonds. The molecule has 0 radical (unpaired) electrons. The van der Waals surface area contributed by atoms with Crippen LogP contribution in [0.1, 0.15) is 18.4 Å². The Morgan fingerprint density at radius 1 is 1.36 bits per heavy atom. The standard InChI is InChI=1S/C17H27ClN2O2/c1-19(13-15-4-3-5-16(21)17(15)18)12-14-6-8-20(9-7-14)10-11-22-2/h3-5,14,21H,6-13H2,1-2H3. The molecule has 5 heteroatoms. The predicted octanol–water partition coefficient (Wildman–Crippen LogP) is 2.84. The minimum atomic E-state index is 0.166. The number of piperidine rings is 1. The second-order valence-electron chi connectivity index (χ2n) is 6.22. The van der Waals surface area contributed by atoms with Crippen molar-refractivity contribution in [3.05, 3.63) is 28.8 Å². The van der Waals surface area contributed by atoms with Gasteiger partial charge in [0.1, 0.15) is 5.75 Å². The molecule has 1 aliphatic rings. The summed E-state index contributed by atoms with van der Waals surface area (Å²) in [5.41, 5.74) is 0.988. The SMILES string of the molecule is COCCN1CCC(CN(C)Cc2cccc(O)c2Cl)CC1. The third kappa shape index (κ3) is 5.13. The lowest BCUT2D eigenvalue weighted by Crippen LogP contribution is -2.39. The largest absolute Gasteiger partial charge is 0.506 e. The van der Waals surface area contributed by atoms with E-state index in [-0.39, 0.29) is 5.75 Å². The van der Waals surface area contributed by atoms with E-state index in [2.05, 4.69) is 16.8 Å². The number of phenols is 1. The molecule has 0 aromatic heterocycles. The molecule has 0 bridgehead atoms. The van der Waals surface area contributed by atoms with Crippen molar-refractivity contribution in [3.8, 4) is 5.75 Å². The fourth-order valence-corrected chi connectivity index (χ4v) is 3.28. The summed E-state index contributed by atoms with van der Waals surface area (Å²) in [6.45, 7) is 6.03. The summed E-state index contributed by atoms with van der Waals surface area (Å²) in [5.74, 6) is 0.902. The summed E-state index contributed by atoms with van der Waals surface area (Å²) < 4.78 is 5.14. The predicted molar refractivity (Wildman–Crippen MR) is 90.5 cm³/mol. The van der Waals surface area contributed by atoms with Gasteiger partial charge in [0, 0.05) is 26.7 Å². The molecule has 1 aromatic rings. The van der Waals surface area contributed by atoms with Crippen LogP contribution in [0.15, 0.2) is 18.2 Å². The highest BCUT2D eigenvalue weighted by atomic mass is 35.5. The molecule has 1 aromatic carbocycles. The van der Waals surface area contributed by atoms with Crippen molar-refractivity contribution in [1.82, 2.24) is 9.80 Å². The average molecular weight is 327 g/mol. The van der Waals surface area contributed by atoms with Gasteiger partial charge in [-0.2, -0.15) is 0 Å². The Balaban J connectivity index is 1.76. The number of hydrogen-bond donors (Lipinski definition) is 1. The molecule has 0 atom stereocenters. The quantitative estimate of drug-likeness (QED) is 0.836. The fourth-order valence-electron chi connectivity index (χ4n) is 3.10. The van der Waals surface area contributed by atoms with E-state index < -0.39 is 0 Å². The summed E-state index contributed by atoms with van der Waals surface area (Å²) in [6, 6.07) is 5.45. The maximum Gasteiger partial charge on any atom is 0.134 e. The van der Waals surface area contributed by atoms with Crippen LogP contribution in [0.5, 0.6) is 5.75 Å².